The molecule has 0 bridgehead atoms. The monoisotopic (exact) mass is 308 g/mol. The summed E-state index contributed by atoms with van der Waals surface area (Å²) in [7, 11) is 3.46. The third-order valence-corrected chi connectivity index (χ3v) is 4.03. The molecule has 0 saturated heterocycles. The smallest absolute Gasteiger partial charge is 0.256 e. The van der Waals surface area contributed by atoms with Crippen LogP contribution in [0.5, 0.6) is 5.75 Å². The van der Waals surface area contributed by atoms with E-state index in [2.05, 4.69) is 4.98 Å². The summed E-state index contributed by atoms with van der Waals surface area (Å²) in [6.45, 7) is 2.50. The van der Waals surface area contributed by atoms with Crippen molar-refractivity contribution in [2.45, 2.75) is 13.5 Å². The Kier molecular flexibility index (Phi) is 4.06. The maximum Gasteiger partial charge on any atom is 0.256 e. The van der Waals surface area contributed by atoms with E-state index in [9.17, 15) is 4.79 Å². The van der Waals surface area contributed by atoms with E-state index >= 15 is 0 Å². The number of carbonyl (C=O) groups excluding carboxylic acids is 1. The summed E-state index contributed by atoms with van der Waals surface area (Å²) in [5, 5.41) is 0.895. The number of aromatic nitrogens is 1. The topological polar surface area (TPSA) is 45.3 Å². The fourth-order valence-corrected chi connectivity index (χ4v) is 2.89. The Balaban J connectivity index is 1.96. The van der Waals surface area contributed by atoms with Crippen LogP contribution in [0.3, 0.4) is 0 Å². The van der Waals surface area contributed by atoms with Crippen LogP contribution in [0.25, 0.3) is 10.9 Å². The molecule has 3 aromatic rings. The Bertz CT molecular complexity index is 837. The predicted octanol–water partition coefficient (Wildman–Crippen LogP) is 3.76. The van der Waals surface area contributed by atoms with E-state index in [1.54, 1.807) is 12.0 Å². The molecule has 118 valence electrons. The first-order valence-electron chi connectivity index (χ1n) is 7.56. The number of para-hydroxylation sites is 1. The molecule has 1 amide bonds. The molecule has 0 radical (unpaired) electrons. The zero-order chi connectivity index (χ0) is 16.4. The number of nitrogens with one attached hydrogen (secondary N) is 1. The molecule has 0 fully saturated rings. The maximum atomic E-state index is 12.9. The van der Waals surface area contributed by atoms with E-state index in [1.165, 1.54) is 0 Å². The van der Waals surface area contributed by atoms with Gasteiger partial charge in [0.2, 0.25) is 0 Å². The van der Waals surface area contributed by atoms with E-state index in [0.29, 0.717) is 12.1 Å². The van der Waals surface area contributed by atoms with E-state index in [1.807, 2.05) is 62.5 Å². The SMILES string of the molecule is COc1cccc2c(C(=O)N(C)Cc3ccccc3)c(C)[nH]c12. The number of hydrogen-bond donors (Lipinski definition) is 1. The first kappa shape index (κ1) is 15.2. The highest BCUT2D eigenvalue weighted by Gasteiger charge is 2.21. The van der Waals surface area contributed by atoms with E-state index in [4.69, 9.17) is 4.74 Å². The molecular formula is C19H20N2O2. The van der Waals surface area contributed by atoms with Gasteiger partial charge in [-0.25, -0.2) is 0 Å². The lowest BCUT2D eigenvalue weighted by molar-refractivity contribution is 0.0786. The van der Waals surface area contributed by atoms with Gasteiger partial charge in [-0.05, 0) is 18.6 Å². The van der Waals surface area contributed by atoms with Gasteiger partial charge in [-0.1, -0.05) is 42.5 Å². The Morgan fingerprint density at radius 1 is 1.13 bits per heavy atom. The molecule has 23 heavy (non-hydrogen) atoms. The number of hydrogen-bond acceptors (Lipinski definition) is 2. The van der Waals surface area contributed by atoms with Crippen LogP contribution in [0.4, 0.5) is 0 Å². The standard InChI is InChI=1S/C19H20N2O2/c1-13-17(15-10-7-11-16(23-3)18(15)20-13)19(22)21(2)12-14-8-5-4-6-9-14/h4-11,20H,12H2,1-3H3. The van der Waals surface area contributed by atoms with Gasteiger partial charge in [0.25, 0.3) is 5.91 Å². The number of benzene rings is 2. The van der Waals surface area contributed by atoms with Gasteiger partial charge >= 0.3 is 0 Å². The lowest BCUT2D eigenvalue weighted by Crippen LogP contribution is -2.26. The molecule has 0 aliphatic carbocycles. The van der Waals surface area contributed by atoms with Crippen molar-refractivity contribution in [3.05, 3.63) is 65.4 Å². The quantitative estimate of drug-likeness (QED) is 0.797. The number of carbonyl (C=O) groups is 1. The fraction of sp³-hybridized carbons (Fsp3) is 0.211. The van der Waals surface area contributed by atoms with Gasteiger partial charge in [-0.15, -0.1) is 0 Å². The van der Waals surface area contributed by atoms with Crippen molar-refractivity contribution < 1.29 is 9.53 Å². The third kappa shape index (κ3) is 2.80. The first-order chi connectivity index (χ1) is 11.1. The zero-order valence-corrected chi connectivity index (χ0v) is 13.6. The van der Waals surface area contributed by atoms with Crippen molar-refractivity contribution in [3.63, 3.8) is 0 Å². The highest BCUT2D eigenvalue weighted by molar-refractivity contribution is 6.09. The molecule has 0 saturated carbocycles. The van der Waals surface area contributed by atoms with E-state index in [-0.39, 0.29) is 5.91 Å². The molecule has 4 nitrogen and oxygen atoms in total. The van der Waals surface area contributed by atoms with Crippen molar-refractivity contribution in [3.8, 4) is 5.75 Å². The number of H-pyrrole nitrogens is 1. The van der Waals surface area contributed by atoms with Gasteiger partial charge in [-0.3, -0.25) is 4.79 Å². The highest BCUT2D eigenvalue weighted by atomic mass is 16.5. The predicted molar refractivity (Wildman–Crippen MR) is 91.8 cm³/mol. The lowest BCUT2D eigenvalue weighted by atomic mass is 10.1. The van der Waals surface area contributed by atoms with Gasteiger partial charge in [0.1, 0.15) is 5.75 Å². The molecule has 0 aliphatic heterocycles. The van der Waals surface area contributed by atoms with E-state index in [0.717, 1.165) is 27.9 Å². The van der Waals surface area contributed by atoms with Crippen molar-refractivity contribution in [2.24, 2.45) is 0 Å². The summed E-state index contributed by atoms with van der Waals surface area (Å²) >= 11 is 0. The normalized spacial score (nSPS) is 10.7. The lowest BCUT2D eigenvalue weighted by Gasteiger charge is -2.17. The molecule has 1 aromatic heterocycles. The van der Waals surface area contributed by atoms with Gasteiger partial charge in [0.15, 0.2) is 0 Å². The summed E-state index contributed by atoms with van der Waals surface area (Å²) in [5.41, 5.74) is 3.54. The van der Waals surface area contributed by atoms with Crippen LogP contribution in [-0.4, -0.2) is 29.9 Å². The molecule has 1 heterocycles. The summed E-state index contributed by atoms with van der Waals surface area (Å²) < 4.78 is 5.38. The van der Waals surface area contributed by atoms with Gasteiger partial charge in [-0.2, -0.15) is 0 Å². The van der Waals surface area contributed by atoms with Crippen molar-refractivity contribution >= 4 is 16.8 Å². The summed E-state index contributed by atoms with van der Waals surface area (Å²) in [6, 6.07) is 15.7. The molecule has 0 aliphatic rings. The second-order valence-corrected chi connectivity index (χ2v) is 5.65. The molecular weight excluding hydrogens is 288 g/mol. The van der Waals surface area contributed by atoms with Crippen LogP contribution in [0.15, 0.2) is 48.5 Å². The van der Waals surface area contributed by atoms with Gasteiger partial charge in [0, 0.05) is 24.7 Å². The van der Waals surface area contributed by atoms with Gasteiger partial charge in [0.05, 0.1) is 18.2 Å². The molecule has 4 heteroatoms. The minimum atomic E-state index is 0.00542. The average Bonchev–Trinajstić information content (AvgIpc) is 2.90. The number of rotatable bonds is 4. The number of aryl methyl sites for hydroxylation is 1. The summed E-state index contributed by atoms with van der Waals surface area (Å²) in [5.74, 6) is 0.751. The number of fused-ring (bicyclic) bond motifs is 1. The van der Waals surface area contributed by atoms with Crippen molar-refractivity contribution in [1.29, 1.82) is 0 Å². The molecule has 0 unspecified atom stereocenters. The van der Waals surface area contributed by atoms with Crippen molar-refractivity contribution in [1.82, 2.24) is 9.88 Å². The summed E-state index contributed by atoms with van der Waals surface area (Å²) in [6.07, 6.45) is 0. The van der Waals surface area contributed by atoms with Crippen LogP contribution in [0.2, 0.25) is 0 Å². The largest absolute Gasteiger partial charge is 0.495 e. The molecule has 2 aromatic carbocycles. The highest BCUT2D eigenvalue weighted by Crippen LogP contribution is 2.30. The Morgan fingerprint density at radius 2 is 1.87 bits per heavy atom. The van der Waals surface area contributed by atoms with Crippen molar-refractivity contribution in [2.75, 3.05) is 14.2 Å². The zero-order valence-electron chi connectivity index (χ0n) is 13.6. The van der Waals surface area contributed by atoms with Gasteiger partial charge < -0.3 is 14.6 Å². The molecule has 3 rings (SSSR count). The number of aromatic amines is 1. The maximum absolute atomic E-state index is 12.9. The Labute approximate surface area is 135 Å². The Hall–Kier alpha value is -2.75. The van der Waals surface area contributed by atoms with Crippen LogP contribution in [0.1, 0.15) is 21.6 Å². The number of ether oxygens (including phenoxy) is 1. The Morgan fingerprint density at radius 3 is 2.57 bits per heavy atom. The third-order valence-electron chi connectivity index (χ3n) is 4.03. The molecule has 0 atom stereocenters. The van der Waals surface area contributed by atoms with Crippen LogP contribution in [0, 0.1) is 6.92 Å². The average molecular weight is 308 g/mol. The number of amides is 1. The van der Waals surface area contributed by atoms with Crippen LogP contribution in [-0.2, 0) is 6.54 Å². The second-order valence-electron chi connectivity index (χ2n) is 5.65. The minimum Gasteiger partial charge on any atom is -0.495 e. The first-order valence-corrected chi connectivity index (χ1v) is 7.56. The van der Waals surface area contributed by atoms with Crippen LogP contribution < -0.4 is 4.74 Å². The second kappa shape index (κ2) is 6.16. The molecule has 0 spiro atoms. The molecule has 1 N–H and O–H groups in total. The summed E-state index contributed by atoms with van der Waals surface area (Å²) in [4.78, 5) is 17.9. The minimum absolute atomic E-state index is 0.00542. The number of methoxy groups -OCH3 is 1. The van der Waals surface area contributed by atoms with Crippen LogP contribution >= 0.6 is 0 Å². The van der Waals surface area contributed by atoms with E-state index < -0.39 is 0 Å². The number of nitrogens with zero attached hydrogens (tertiary/aromatic N) is 1. The fourth-order valence-electron chi connectivity index (χ4n) is 2.89.